The molecule has 148 valence electrons. The molecule has 1 aliphatic carbocycles. The van der Waals surface area contributed by atoms with Crippen LogP contribution in [0.1, 0.15) is 62.1 Å². The SMILES string of the molecule is CCOC(=O)CN1C(=S)N[C@H](c2ccccn2)[C@H]1c1cccn1C1CCCC1. The summed E-state index contributed by atoms with van der Waals surface area (Å²) in [5.41, 5.74) is 2.08. The first-order valence-corrected chi connectivity index (χ1v) is 10.4. The third-order valence-corrected chi connectivity index (χ3v) is 5.99. The zero-order valence-corrected chi connectivity index (χ0v) is 16.9. The molecule has 0 amide bonds. The number of esters is 1. The molecule has 1 saturated carbocycles. The van der Waals surface area contributed by atoms with Gasteiger partial charge in [0, 0.05) is 24.1 Å². The second-order valence-corrected chi connectivity index (χ2v) is 7.72. The molecule has 0 unspecified atom stereocenters. The topological polar surface area (TPSA) is 59.4 Å². The van der Waals surface area contributed by atoms with Gasteiger partial charge in [-0.1, -0.05) is 18.9 Å². The van der Waals surface area contributed by atoms with Crippen molar-refractivity contribution in [3.8, 4) is 0 Å². The molecule has 3 heterocycles. The van der Waals surface area contributed by atoms with Crippen LogP contribution in [0.4, 0.5) is 0 Å². The van der Waals surface area contributed by atoms with Crippen LogP contribution < -0.4 is 5.32 Å². The molecule has 0 spiro atoms. The van der Waals surface area contributed by atoms with Crippen molar-refractivity contribution in [2.75, 3.05) is 13.2 Å². The molecule has 2 aromatic heterocycles. The Kier molecular flexibility index (Phi) is 5.62. The normalized spacial score (nSPS) is 22.5. The first-order valence-electron chi connectivity index (χ1n) is 9.99. The number of hydrogen-bond donors (Lipinski definition) is 1. The molecule has 6 nitrogen and oxygen atoms in total. The summed E-state index contributed by atoms with van der Waals surface area (Å²) in [5.74, 6) is -0.266. The summed E-state index contributed by atoms with van der Waals surface area (Å²) in [7, 11) is 0. The lowest BCUT2D eigenvalue weighted by molar-refractivity contribution is -0.143. The van der Waals surface area contributed by atoms with Gasteiger partial charge in [0.1, 0.15) is 6.54 Å². The van der Waals surface area contributed by atoms with E-state index in [0.29, 0.717) is 17.8 Å². The maximum Gasteiger partial charge on any atom is 0.325 e. The van der Waals surface area contributed by atoms with Gasteiger partial charge in [-0.2, -0.15) is 0 Å². The molecule has 2 fully saturated rings. The maximum atomic E-state index is 12.3. The smallest absolute Gasteiger partial charge is 0.325 e. The standard InChI is InChI=1S/C21H26N4O2S/c1-2-27-18(26)14-25-20(17-11-7-13-24(17)15-8-3-4-9-15)19(23-21(25)28)16-10-5-6-12-22-16/h5-7,10-13,15,19-20H,2-4,8-9,14H2,1H3,(H,23,28)/t19-,20-/m1/s1. The second-order valence-electron chi connectivity index (χ2n) is 7.34. The number of rotatable bonds is 6. The van der Waals surface area contributed by atoms with Gasteiger partial charge in [-0.15, -0.1) is 0 Å². The van der Waals surface area contributed by atoms with E-state index >= 15 is 0 Å². The van der Waals surface area contributed by atoms with Crippen LogP contribution in [-0.2, 0) is 9.53 Å². The fourth-order valence-electron chi connectivity index (χ4n) is 4.42. The van der Waals surface area contributed by atoms with Crippen LogP contribution in [0, 0.1) is 0 Å². The van der Waals surface area contributed by atoms with Crippen molar-refractivity contribution in [2.24, 2.45) is 0 Å². The number of ether oxygens (including phenoxy) is 1. The highest BCUT2D eigenvalue weighted by Crippen LogP contribution is 2.41. The van der Waals surface area contributed by atoms with Gasteiger partial charge < -0.3 is 19.5 Å². The minimum Gasteiger partial charge on any atom is -0.465 e. The Balaban J connectivity index is 1.72. The first-order chi connectivity index (χ1) is 13.7. The number of pyridine rings is 1. The lowest BCUT2D eigenvalue weighted by Crippen LogP contribution is -2.36. The van der Waals surface area contributed by atoms with Crippen molar-refractivity contribution in [1.29, 1.82) is 0 Å². The second kappa shape index (κ2) is 8.31. The van der Waals surface area contributed by atoms with Crippen LogP contribution in [0.15, 0.2) is 42.7 Å². The summed E-state index contributed by atoms with van der Waals surface area (Å²) in [5, 5.41) is 3.96. The van der Waals surface area contributed by atoms with Gasteiger partial charge in [-0.3, -0.25) is 9.78 Å². The number of nitrogens with one attached hydrogen (secondary N) is 1. The van der Waals surface area contributed by atoms with Crippen molar-refractivity contribution in [3.63, 3.8) is 0 Å². The molecule has 2 atom stereocenters. The van der Waals surface area contributed by atoms with E-state index in [1.165, 1.54) is 31.4 Å². The first kappa shape index (κ1) is 18.9. The molecule has 1 N–H and O–H groups in total. The van der Waals surface area contributed by atoms with E-state index < -0.39 is 0 Å². The van der Waals surface area contributed by atoms with Crippen molar-refractivity contribution < 1.29 is 9.53 Å². The highest BCUT2D eigenvalue weighted by Gasteiger charge is 2.42. The lowest BCUT2D eigenvalue weighted by Gasteiger charge is -2.29. The van der Waals surface area contributed by atoms with E-state index in [-0.39, 0.29) is 24.6 Å². The molecular formula is C21H26N4O2S. The van der Waals surface area contributed by atoms with Crippen LogP contribution in [-0.4, -0.2) is 38.7 Å². The molecule has 7 heteroatoms. The number of hydrogen-bond acceptors (Lipinski definition) is 4. The third kappa shape index (κ3) is 3.63. The molecule has 0 aromatic carbocycles. The van der Waals surface area contributed by atoms with Crippen molar-refractivity contribution >= 4 is 23.3 Å². The summed E-state index contributed by atoms with van der Waals surface area (Å²) in [4.78, 5) is 18.8. The van der Waals surface area contributed by atoms with Gasteiger partial charge in [0.2, 0.25) is 0 Å². The zero-order chi connectivity index (χ0) is 19.5. The Bertz CT molecular complexity index is 832. The van der Waals surface area contributed by atoms with Crippen molar-refractivity contribution in [2.45, 2.75) is 50.7 Å². The van der Waals surface area contributed by atoms with E-state index in [0.717, 1.165) is 5.69 Å². The fraction of sp³-hybridized carbons (Fsp3) is 0.476. The minimum atomic E-state index is -0.266. The summed E-state index contributed by atoms with van der Waals surface area (Å²) in [6.45, 7) is 2.31. The average molecular weight is 399 g/mol. The maximum absolute atomic E-state index is 12.3. The van der Waals surface area contributed by atoms with E-state index in [1.54, 1.807) is 6.20 Å². The number of nitrogens with zero attached hydrogens (tertiary/aromatic N) is 3. The minimum absolute atomic E-state index is 0.109. The molecule has 1 saturated heterocycles. The van der Waals surface area contributed by atoms with Crippen molar-refractivity contribution in [1.82, 2.24) is 19.8 Å². The Hall–Kier alpha value is -2.41. The van der Waals surface area contributed by atoms with Gasteiger partial charge in [0.15, 0.2) is 5.11 Å². The third-order valence-electron chi connectivity index (χ3n) is 5.64. The molecule has 0 bridgehead atoms. The van der Waals surface area contributed by atoms with Gasteiger partial charge in [0.25, 0.3) is 0 Å². The molecule has 1 aliphatic heterocycles. The molecule has 2 aliphatic rings. The summed E-state index contributed by atoms with van der Waals surface area (Å²) in [6.07, 6.45) is 8.86. The van der Waals surface area contributed by atoms with E-state index in [9.17, 15) is 4.79 Å². The highest BCUT2D eigenvalue weighted by molar-refractivity contribution is 7.80. The molecular weight excluding hydrogens is 372 g/mol. The Morgan fingerprint density at radius 2 is 2.11 bits per heavy atom. The number of carbonyl (C=O) groups is 1. The predicted octanol–water partition coefficient (Wildman–Crippen LogP) is 3.53. The summed E-state index contributed by atoms with van der Waals surface area (Å²) < 4.78 is 7.57. The number of carbonyl (C=O) groups excluding carboxylic acids is 1. The molecule has 0 radical (unpaired) electrons. The Morgan fingerprint density at radius 1 is 1.29 bits per heavy atom. The monoisotopic (exact) mass is 398 g/mol. The van der Waals surface area contributed by atoms with Gasteiger partial charge in [0.05, 0.1) is 24.4 Å². The molecule has 2 aromatic rings. The van der Waals surface area contributed by atoms with Crippen LogP contribution in [0.3, 0.4) is 0 Å². The predicted molar refractivity (Wildman–Crippen MR) is 111 cm³/mol. The Labute approximate surface area is 170 Å². The number of thiocarbonyl (C=S) groups is 1. The highest BCUT2D eigenvalue weighted by atomic mass is 32.1. The van der Waals surface area contributed by atoms with Gasteiger partial charge in [-0.05, 0) is 56.2 Å². The largest absolute Gasteiger partial charge is 0.465 e. The van der Waals surface area contributed by atoms with E-state index in [2.05, 4.69) is 33.2 Å². The average Bonchev–Trinajstić information content (AvgIpc) is 3.43. The fourth-order valence-corrected chi connectivity index (χ4v) is 4.72. The summed E-state index contributed by atoms with van der Waals surface area (Å²) >= 11 is 5.62. The van der Waals surface area contributed by atoms with Crippen LogP contribution in [0.2, 0.25) is 0 Å². The van der Waals surface area contributed by atoms with E-state index in [4.69, 9.17) is 17.0 Å². The van der Waals surface area contributed by atoms with Crippen LogP contribution in [0.5, 0.6) is 0 Å². The number of aromatic nitrogens is 2. The van der Waals surface area contributed by atoms with Gasteiger partial charge in [-0.25, -0.2) is 0 Å². The van der Waals surface area contributed by atoms with Crippen molar-refractivity contribution in [3.05, 3.63) is 54.1 Å². The van der Waals surface area contributed by atoms with Crippen LogP contribution in [0.25, 0.3) is 0 Å². The zero-order valence-electron chi connectivity index (χ0n) is 16.1. The Morgan fingerprint density at radius 3 is 2.82 bits per heavy atom. The van der Waals surface area contributed by atoms with Gasteiger partial charge >= 0.3 is 5.97 Å². The quantitative estimate of drug-likeness (QED) is 0.593. The molecule has 28 heavy (non-hydrogen) atoms. The van der Waals surface area contributed by atoms with Crippen LogP contribution >= 0.6 is 12.2 Å². The molecule has 4 rings (SSSR count). The van der Waals surface area contributed by atoms with E-state index in [1.807, 2.05) is 30.0 Å². The lowest BCUT2D eigenvalue weighted by atomic mass is 10.0. The summed E-state index contributed by atoms with van der Waals surface area (Å²) in [6, 6.07) is 10.4.